The van der Waals surface area contributed by atoms with Crippen molar-refractivity contribution in [3.05, 3.63) is 59.7 Å². The van der Waals surface area contributed by atoms with E-state index in [-0.39, 0.29) is 44.4 Å². The fourth-order valence-electron chi connectivity index (χ4n) is 4.63. The molecule has 1 heterocycles. The maximum Gasteiger partial charge on any atom is 0.407 e. The number of likely N-dealkylation sites (tertiary alicyclic amines) is 1. The van der Waals surface area contributed by atoms with E-state index < -0.39 is 23.2 Å². The molecule has 2 aromatic rings. The fourth-order valence-corrected chi connectivity index (χ4v) is 4.63. The lowest BCUT2D eigenvalue weighted by Gasteiger charge is -2.28. The number of aliphatic carboxylic acids is 1. The number of β-amino-alcohol motifs (C(OH)–C–C–N with tert-alkyl or cyclic N) is 1. The van der Waals surface area contributed by atoms with Crippen molar-refractivity contribution >= 4 is 18.0 Å². The number of fused-ring (bicyclic) bond motifs is 3. The summed E-state index contributed by atoms with van der Waals surface area (Å²) in [6, 6.07) is 16.1. The van der Waals surface area contributed by atoms with Crippen molar-refractivity contribution in [3.8, 4) is 11.1 Å². The zero-order valence-corrected chi connectivity index (χ0v) is 18.7. The molecule has 1 atom stereocenters. The summed E-state index contributed by atoms with van der Waals surface area (Å²) < 4.78 is 5.55. The van der Waals surface area contributed by atoms with E-state index in [0.717, 1.165) is 22.3 Å². The topological polar surface area (TPSA) is 116 Å². The number of nitrogens with zero attached hydrogens (tertiary/aromatic N) is 1. The molecular formula is C25H28N2O6. The van der Waals surface area contributed by atoms with Crippen LogP contribution in [0.2, 0.25) is 0 Å². The molecule has 1 aliphatic heterocycles. The summed E-state index contributed by atoms with van der Waals surface area (Å²) in [7, 11) is 0. The Morgan fingerprint density at radius 3 is 2.21 bits per heavy atom. The second-order valence-corrected chi connectivity index (χ2v) is 9.41. The van der Waals surface area contributed by atoms with E-state index in [0.29, 0.717) is 0 Å². The summed E-state index contributed by atoms with van der Waals surface area (Å²) >= 11 is 0. The molecule has 174 valence electrons. The van der Waals surface area contributed by atoms with Crippen LogP contribution in [0.3, 0.4) is 0 Å². The maximum atomic E-state index is 12.6. The van der Waals surface area contributed by atoms with E-state index in [2.05, 4.69) is 17.4 Å². The minimum Gasteiger partial charge on any atom is -0.479 e. The fraction of sp³-hybridized carbons (Fsp3) is 0.400. The molecule has 8 heteroatoms. The van der Waals surface area contributed by atoms with Crippen molar-refractivity contribution in [2.75, 3.05) is 19.7 Å². The number of nitrogens with one attached hydrogen (secondary N) is 1. The molecule has 4 rings (SSSR count). The third-order valence-corrected chi connectivity index (χ3v) is 6.38. The van der Waals surface area contributed by atoms with Crippen LogP contribution in [-0.4, -0.2) is 63.9 Å². The Kier molecular flexibility index (Phi) is 5.88. The molecule has 1 aliphatic carbocycles. The number of rotatable bonds is 6. The second-order valence-electron chi connectivity index (χ2n) is 9.41. The van der Waals surface area contributed by atoms with Crippen molar-refractivity contribution < 1.29 is 29.3 Å². The lowest BCUT2D eigenvalue weighted by molar-refractivity contribution is -0.157. The summed E-state index contributed by atoms with van der Waals surface area (Å²) in [5, 5.41) is 21.9. The first-order chi connectivity index (χ1) is 15.6. The van der Waals surface area contributed by atoms with Crippen molar-refractivity contribution in [1.29, 1.82) is 0 Å². The van der Waals surface area contributed by atoms with Gasteiger partial charge in [0.25, 0.3) is 0 Å². The molecule has 3 N–H and O–H groups in total. The number of carbonyl (C=O) groups is 3. The predicted octanol–water partition coefficient (Wildman–Crippen LogP) is 2.74. The van der Waals surface area contributed by atoms with Crippen LogP contribution in [0.1, 0.15) is 43.7 Å². The zero-order valence-electron chi connectivity index (χ0n) is 18.7. The number of aliphatic hydroxyl groups is 1. The van der Waals surface area contributed by atoms with Crippen LogP contribution in [0, 0.1) is 0 Å². The van der Waals surface area contributed by atoms with Gasteiger partial charge in [0, 0.05) is 30.8 Å². The summed E-state index contributed by atoms with van der Waals surface area (Å²) in [5.41, 5.74) is 1.67. The summed E-state index contributed by atoms with van der Waals surface area (Å²) in [4.78, 5) is 37.7. The van der Waals surface area contributed by atoms with Gasteiger partial charge in [0.1, 0.15) is 6.61 Å². The van der Waals surface area contributed by atoms with Crippen LogP contribution in [-0.2, 0) is 14.3 Å². The quantitative estimate of drug-likeness (QED) is 0.621. The first kappa shape index (κ1) is 22.8. The lowest BCUT2D eigenvalue weighted by atomic mass is 9.98. The number of benzene rings is 2. The van der Waals surface area contributed by atoms with Gasteiger partial charge in [-0.25, -0.2) is 9.59 Å². The van der Waals surface area contributed by atoms with Gasteiger partial charge in [-0.3, -0.25) is 4.79 Å². The molecule has 33 heavy (non-hydrogen) atoms. The van der Waals surface area contributed by atoms with Crippen molar-refractivity contribution in [2.24, 2.45) is 0 Å². The van der Waals surface area contributed by atoms with Gasteiger partial charge in [-0.2, -0.15) is 0 Å². The molecule has 0 radical (unpaired) electrons. The third kappa shape index (κ3) is 4.57. The highest BCUT2D eigenvalue weighted by Gasteiger charge is 2.45. The Morgan fingerprint density at radius 2 is 1.67 bits per heavy atom. The average molecular weight is 453 g/mol. The minimum atomic E-state index is -1.92. The van der Waals surface area contributed by atoms with Crippen LogP contribution in [0.5, 0.6) is 0 Å². The highest BCUT2D eigenvalue weighted by atomic mass is 16.5. The molecule has 2 amide bonds. The van der Waals surface area contributed by atoms with Gasteiger partial charge in [-0.1, -0.05) is 48.5 Å². The molecule has 2 aliphatic rings. The van der Waals surface area contributed by atoms with Gasteiger partial charge in [-0.15, -0.1) is 0 Å². The summed E-state index contributed by atoms with van der Waals surface area (Å²) in [6.07, 6.45) is -0.695. The van der Waals surface area contributed by atoms with Crippen molar-refractivity contribution in [2.45, 2.75) is 43.7 Å². The molecule has 1 saturated heterocycles. The largest absolute Gasteiger partial charge is 0.479 e. The minimum absolute atomic E-state index is 0.0195. The van der Waals surface area contributed by atoms with Gasteiger partial charge in [0.2, 0.25) is 5.91 Å². The Morgan fingerprint density at radius 1 is 1.09 bits per heavy atom. The summed E-state index contributed by atoms with van der Waals surface area (Å²) in [5.74, 6) is -1.74. The molecule has 0 aromatic heterocycles. The van der Waals surface area contributed by atoms with Crippen LogP contribution >= 0.6 is 0 Å². The molecule has 2 aromatic carbocycles. The van der Waals surface area contributed by atoms with E-state index in [4.69, 9.17) is 9.84 Å². The van der Waals surface area contributed by atoms with Gasteiger partial charge >= 0.3 is 12.1 Å². The highest BCUT2D eigenvalue weighted by Crippen LogP contribution is 2.44. The third-order valence-electron chi connectivity index (χ3n) is 6.38. The predicted molar refractivity (Wildman–Crippen MR) is 121 cm³/mol. The first-order valence-corrected chi connectivity index (χ1v) is 11.0. The van der Waals surface area contributed by atoms with Crippen LogP contribution in [0.4, 0.5) is 4.79 Å². The number of carboxylic acid groups (broad SMARTS) is 1. The van der Waals surface area contributed by atoms with E-state index in [1.165, 1.54) is 4.90 Å². The average Bonchev–Trinajstić information content (AvgIpc) is 3.31. The molecule has 1 fully saturated rings. The van der Waals surface area contributed by atoms with Crippen molar-refractivity contribution in [1.82, 2.24) is 10.2 Å². The first-order valence-electron chi connectivity index (χ1n) is 11.0. The Balaban J connectivity index is 1.34. The Hall–Kier alpha value is -3.39. The van der Waals surface area contributed by atoms with Gasteiger partial charge in [0.15, 0.2) is 5.60 Å². The standard InChI is InChI=1S/C25H28N2O6/c1-24(2,13-21(28)27-12-11-25(32,15-27)22(29)30)26-23(31)33-14-20-18-9-5-3-7-16(18)17-8-4-6-10-19(17)20/h3-10,20,32H,11-15H2,1-2H3,(H,26,31)(H,29,30). The maximum absolute atomic E-state index is 12.6. The number of carboxylic acids is 1. The zero-order chi connectivity index (χ0) is 23.8. The van der Waals surface area contributed by atoms with Crippen LogP contribution in [0.15, 0.2) is 48.5 Å². The molecule has 0 spiro atoms. The molecule has 0 saturated carbocycles. The van der Waals surface area contributed by atoms with E-state index in [1.54, 1.807) is 13.8 Å². The number of amides is 2. The molecule has 8 nitrogen and oxygen atoms in total. The van der Waals surface area contributed by atoms with Gasteiger partial charge < -0.3 is 25.2 Å². The van der Waals surface area contributed by atoms with Gasteiger partial charge in [0.05, 0.1) is 6.54 Å². The van der Waals surface area contributed by atoms with E-state index in [1.807, 2.05) is 36.4 Å². The van der Waals surface area contributed by atoms with Crippen LogP contribution in [0.25, 0.3) is 11.1 Å². The van der Waals surface area contributed by atoms with E-state index >= 15 is 0 Å². The number of ether oxygens (including phenoxy) is 1. The second kappa shape index (κ2) is 8.51. The highest BCUT2D eigenvalue weighted by molar-refractivity contribution is 5.83. The van der Waals surface area contributed by atoms with Gasteiger partial charge in [-0.05, 0) is 36.1 Å². The molecular weight excluding hydrogens is 424 g/mol. The lowest BCUT2D eigenvalue weighted by Crippen LogP contribution is -2.48. The number of carbonyl (C=O) groups excluding carboxylic acids is 2. The molecule has 1 unspecified atom stereocenters. The monoisotopic (exact) mass is 452 g/mol. The number of alkyl carbamates (subject to hydrolysis) is 1. The summed E-state index contributed by atoms with van der Waals surface area (Å²) in [6.45, 7) is 3.46. The number of hydrogen-bond acceptors (Lipinski definition) is 5. The normalized spacial score (nSPS) is 19.7. The Bertz CT molecular complexity index is 1050. The van der Waals surface area contributed by atoms with Crippen LogP contribution < -0.4 is 5.32 Å². The number of hydrogen-bond donors (Lipinski definition) is 3. The van der Waals surface area contributed by atoms with E-state index in [9.17, 15) is 19.5 Å². The SMILES string of the molecule is CC(C)(CC(=O)N1CCC(O)(C(=O)O)C1)NC(=O)OCC1c2ccccc2-c2ccccc21. The van der Waals surface area contributed by atoms with Crippen molar-refractivity contribution in [3.63, 3.8) is 0 Å². The smallest absolute Gasteiger partial charge is 0.407 e. The Labute approximate surface area is 192 Å². The molecule has 0 bridgehead atoms.